The first-order valence-electron chi connectivity index (χ1n) is 4.93. The highest BCUT2D eigenvalue weighted by Crippen LogP contribution is 2.15. The van der Waals surface area contributed by atoms with Gasteiger partial charge < -0.3 is 10.8 Å². The van der Waals surface area contributed by atoms with E-state index >= 15 is 0 Å². The van der Waals surface area contributed by atoms with Gasteiger partial charge in [0.1, 0.15) is 0 Å². The molecular formula is C9H20N2O. The van der Waals surface area contributed by atoms with Crippen molar-refractivity contribution in [2.75, 3.05) is 26.2 Å². The number of piperidine rings is 1. The molecule has 0 spiro atoms. The molecule has 1 atom stereocenters. The molecule has 1 heterocycles. The van der Waals surface area contributed by atoms with Crippen LogP contribution in [-0.4, -0.2) is 42.3 Å². The molecule has 1 rings (SSSR count). The molecule has 0 bridgehead atoms. The Morgan fingerprint density at radius 3 is 2.92 bits per heavy atom. The maximum atomic E-state index is 8.70. The SMILES string of the molecule is NCC1CCCCN1CCCO. The molecule has 0 amide bonds. The van der Waals surface area contributed by atoms with E-state index in [0.717, 1.165) is 19.5 Å². The quantitative estimate of drug-likeness (QED) is 0.636. The third-order valence-electron chi connectivity index (χ3n) is 2.62. The molecule has 1 aliphatic rings. The molecule has 1 aliphatic heterocycles. The summed E-state index contributed by atoms with van der Waals surface area (Å²) in [5, 5.41) is 8.70. The molecule has 1 unspecified atom stereocenters. The van der Waals surface area contributed by atoms with Crippen molar-refractivity contribution in [1.29, 1.82) is 0 Å². The highest BCUT2D eigenvalue weighted by Gasteiger charge is 2.19. The second kappa shape index (κ2) is 5.51. The molecule has 3 nitrogen and oxygen atoms in total. The molecular weight excluding hydrogens is 152 g/mol. The number of hydrogen-bond donors (Lipinski definition) is 2. The highest BCUT2D eigenvalue weighted by molar-refractivity contribution is 4.77. The van der Waals surface area contributed by atoms with E-state index in [1.54, 1.807) is 0 Å². The Balaban J connectivity index is 2.26. The van der Waals surface area contributed by atoms with Gasteiger partial charge in [-0.15, -0.1) is 0 Å². The fourth-order valence-corrected chi connectivity index (χ4v) is 1.90. The Kier molecular flexibility index (Phi) is 4.58. The van der Waals surface area contributed by atoms with Gasteiger partial charge in [-0.3, -0.25) is 4.90 Å². The second-order valence-electron chi connectivity index (χ2n) is 3.50. The summed E-state index contributed by atoms with van der Waals surface area (Å²) in [4.78, 5) is 2.42. The zero-order valence-corrected chi connectivity index (χ0v) is 7.71. The highest BCUT2D eigenvalue weighted by atomic mass is 16.3. The third kappa shape index (κ3) is 2.73. The van der Waals surface area contributed by atoms with Gasteiger partial charge in [0.15, 0.2) is 0 Å². The van der Waals surface area contributed by atoms with E-state index < -0.39 is 0 Å². The number of aliphatic hydroxyl groups is 1. The zero-order valence-electron chi connectivity index (χ0n) is 7.71. The Labute approximate surface area is 74.5 Å². The summed E-state index contributed by atoms with van der Waals surface area (Å²) in [5.41, 5.74) is 5.66. The fourth-order valence-electron chi connectivity index (χ4n) is 1.90. The third-order valence-corrected chi connectivity index (χ3v) is 2.62. The monoisotopic (exact) mass is 172 g/mol. The van der Waals surface area contributed by atoms with E-state index in [1.807, 2.05) is 0 Å². The topological polar surface area (TPSA) is 49.5 Å². The van der Waals surface area contributed by atoms with E-state index in [9.17, 15) is 0 Å². The maximum Gasteiger partial charge on any atom is 0.0443 e. The molecule has 12 heavy (non-hydrogen) atoms. The standard InChI is InChI=1S/C9H20N2O/c10-8-9-4-1-2-5-11(9)6-3-7-12/h9,12H,1-8,10H2. The van der Waals surface area contributed by atoms with Crippen LogP contribution < -0.4 is 5.73 Å². The minimum atomic E-state index is 0.299. The first-order valence-corrected chi connectivity index (χ1v) is 4.93. The molecule has 1 saturated heterocycles. The van der Waals surface area contributed by atoms with Crippen LogP contribution in [0.4, 0.5) is 0 Å². The van der Waals surface area contributed by atoms with Crippen LogP contribution in [0.1, 0.15) is 25.7 Å². The minimum absolute atomic E-state index is 0.299. The lowest BCUT2D eigenvalue weighted by molar-refractivity contribution is 0.139. The van der Waals surface area contributed by atoms with Gasteiger partial charge in [-0.2, -0.15) is 0 Å². The van der Waals surface area contributed by atoms with Gasteiger partial charge >= 0.3 is 0 Å². The van der Waals surface area contributed by atoms with Crippen LogP contribution in [0, 0.1) is 0 Å². The summed E-state index contributed by atoms with van der Waals surface area (Å²) in [6, 6.07) is 0.574. The minimum Gasteiger partial charge on any atom is -0.396 e. The van der Waals surface area contributed by atoms with E-state index in [0.29, 0.717) is 12.6 Å². The van der Waals surface area contributed by atoms with Gasteiger partial charge in [-0.1, -0.05) is 6.42 Å². The van der Waals surface area contributed by atoms with Crippen LogP contribution in [-0.2, 0) is 0 Å². The van der Waals surface area contributed by atoms with E-state index in [4.69, 9.17) is 10.8 Å². The number of aliphatic hydroxyl groups excluding tert-OH is 1. The maximum absolute atomic E-state index is 8.70. The Morgan fingerprint density at radius 1 is 1.42 bits per heavy atom. The lowest BCUT2D eigenvalue weighted by atomic mass is 10.0. The van der Waals surface area contributed by atoms with Gasteiger partial charge in [0.2, 0.25) is 0 Å². The van der Waals surface area contributed by atoms with Crippen molar-refractivity contribution < 1.29 is 5.11 Å². The molecule has 3 N–H and O–H groups in total. The van der Waals surface area contributed by atoms with Crippen LogP contribution in [0.5, 0.6) is 0 Å². The first kappa shape index (κ1) is 9.96. The molecule has 0 saturated carbocycles. The Hall–Kier alpha value is -0.120. The number of likely N-dealkylation sites (tertiary alicyclic amines) is 1. The van der Waals surface area contributed by atoms with Crippen LogP contribution in [0.15, 0.2) is 0 Å². The van der Waals surface area contributed by atoms with Crippen molar-refractivity contribution in [3.63, 3.8) is 0 Å². The second-order valence-corrected chi connectivity index (χ2v) is 3.50. The summed E-state index contributed by atoms with van der Waals surface area (Å²) in [6.45, 7) is 3.25. The molecule has 0 aromatic carbocycles. The molecule has 0 radical (unpaired) electrons. The average Bonchev–Trinajstić information content (AvgIpc) is 2.15. The van der Waals surface area contributed by atoms with E-state index in [-0.39, 0.29) is 0 Å². The van der Waals surface area contributed by atoms with Gasteiger partial charge in [0, 0.05) is 25.7 Å². The van der Waals surface area contributed by atoms with Gasteiger partial charge in [0.25, 0.3) is 0 Å². The first-order chi connectivity index (χ1) is 5.88. The molecule has 0 aliphatic carbocycles. The van der Waals surface area contributed by atoms with Gasteiger partial charge in [0.05, 0.1) is 0 Å². The van der Waals surface area contributed by atoms with Crippen molar-refractivity contribution in [3.05, 3.63) is 0 Å². The molecule has 72 valence electrons. The van der Waals surface area contributed by atoms with Crippen LogP contribution in [0.3, 0.4) is 0 Å². The predicted octanol–water partition coefficient (Wildman–Crippen LogP) is 0.182. The molecule has 0 aromatic rings. The van der Waals surface area contributed by atoms with Crippen molar-refractivity contribution in [2.24, 2.45) is 5.73 Å². The lowest BCUT2D eigenvalue weighted by Crippen LogP contribution is -2.44. The number of nitrogens with two attached hydrogens (primary N) is 1. The van der Waals surface area contributed by atoms with Crippen LogP contribution in [0.25, 0.3) is 0 Å². The predicted molar refractivity (Wildman–Crippen MR) is 50.0 cm³/mol. The summed E-state index contributed by atoms with van der Waals surface area (Å²) in [7, 11) is 0. The van der Waals surface area contributed by atoms with Gasteiger partial charge in [-0.25, -0.2) is 0 Å². The largest absolute Gasteiger partial charge is 0.396 e. The van der Waals surface area contributed by atoms with Crippen molar-refractivity contribution in [1.82, 2.24) is 4.90 Å². The van der Waals surface area contributed by atoms with E-state index in [2.05, 4.69) is 4.90 Å². The summed E-state index contributed by atoms with van der Waals surface area (Å²) < 4.78 is 0. The Bertz CT molecular complexity index is 119. The van der Waals surface area contributed by atoms with Crippen LogP contribution in [0.2, 0.25) is 0 Å². The average molecular weight is 172 g/mol. The molecule has 0 aromatic heterocycles. The van der Waals surface area contributed by atoms with Gasteiger partial charge in [-0.05, 0) is 25.8 Å². The fraction of sp³-hybridized carbons (Fsp3) is 1.00. The summed E-state index contributed by atoms with van der Waals surface area (Å²) >= 11 is 0. The number of nitrogens with zero attached hydrogens (tertiary/aromatic N) is 1. The zero-order chi connectivity index (χ0) is 8.81. The van der Waals surface area contributed by atoms with E-state index in [1.165, 1.54) is 25.8 Å². The van der Waals surface area contributed by atoms with Crippen LogP contribution >= 0.6 is 0 Å². The van der Waals surface area contributed by atoms with Crippen molar-refractivity contribution in [2.45, 2.75) is 31.7 Å². The van der Waals surface area contributed by atoms with Crippen molar-refractivity contribution >= 4 is 0 Å². The lowest BCUT2D eigenvalue weighted by Gasteiger charge is -2.34. The number of hydrogen-bond acceptors (Lipinski definition) is 3. The normalized spacial score (nSPS) is 26.0. The Morgan fingerprint density at radius 2 is 2.25 bits per heavy atom. The molecule has 1 fully saturated rings. The summed E-state index contributed by atoms with van der Waals surface area (Å²) in [5.74, 6) is 0. The summed E-state index contributed by atoms with van der Waals surface area (Å²) in [6.07, 6.45) is 4.73. The van der Waals surface area contributed by atoms with Crippen molar-refractivity contribution in [3.8, 4) is 0 Å². The smallest absolute Gasteiger partial charge is 0.0443 e. The number of rotatable bonds is 4. The molecule has 3 heteroatoms.